The summed E-state index contributed by atoms with van der Waals surface area (Å²) >= 11 is 0.984. The second-order valence-corrected chi connectivity index (χ2v) is 14.3. The van der Waals surface area contributed by atoms with Crippen molar-refractivity contribution in [2.75, 3.05) is 18.8 Å². The number of hydrogen-bond donors (Lipinski definition) is 0. The van der Waals surface area contributed by atoms with Crippen LogP contribution in [0, 0.1) is 5.92 Å². The quantitative estimate of drug-likeness (QED) is 0.295. The Morgan fingerprint density at radius 1 is 0.778 bits per heavy atom. The molecule has 36 heavy (non-hydrogen) atoms. The number of nitrogens with zero attached hydrogens (tertiary/aromatic N) is 1. The summed E-state index contributed by atoms with van der Waals surface area (Å²) in [4.78, 5) is 2.48. The Kier molecular flexibility index (Phi) is 7.12. The maximum Gasteiger partial charge on any atom is 0.207 e. The van der Waals surface area contributed by atoms with Gasteiger partial charge in [-0.15, -0.1) is 11.3 Å². The molecule has 3 aromatic carbocycles. The van der Waals surface area contributed by atoms with E-state index in [0.29, 0.717) is 6.54 Å². The van der Waals surface area contributed by atoms with Gasteiger partial charge < -0.3 is 0 Å². The minimum absolute atomic E-state index is 0.0230. The number of sulfone groups is 2. The highest BCUT2D eigenvalue weighted by Crippen LogP contribution is 2.31. The van der Waals surface area contributed by atoms with Crippen molar-refractivity contribution in [3.05, 3.63) is 102 Å². The Balaban J connectivity index is 1.21. The van der Waals surface area contributed by atoms with Gasteiger partial charge in [0.2, 0.25) is 9.84 Å². The largest absolute Gasteiger partial charge is 0.299 e. The molecule has 1 aromatic heterocycles. The van der Waals surface area contributed by atoms with E-state index in [9.17, 15) is 16.8 Å². The van der Waals surface area contributed by atoms with Gasteiger partial charge in [-0.05, 0) is 53.8 Å². The highest BCUT2D eigenvalue weighted by Gasteiger charge is 2.30. The second kappa shape index (κ2) is 10.3. The van der Waals surface area contributed by atoms with Gasteiger partial charge in [-0.25, -0.2) is 16.8 Å². The fourth-order valence-electron chi connectivity index (χ4n) is 4.62. The van der Waals surface area contributed by atoms with E-state index in [1.807, 2.05) is 18.2 Å². The van der Waals surface area contributed by atoms with E-state index in [4.69, 9.17) is 0 Å². The van der Waals surface area contributed by atoms with E-state index in [1.165, 1.54) is 40.3 Å². The van der Waals surface area contributed by atoms with Crippen LogP contribution in [-0.2, 0) is 26.2 Å². The molecule has 8 heteroatoms. The van der Waals surface area contributed by atoms with Crippen LogP contribution < -0.4 is 0 Å². The number of likely N-dealkylation sites (tertiary alicyclic amines) is 1. The minimum atomic E-state index is -3.73. The molecular weight excluding hydrogens is 511 g/mol. The molecule has 0 unspecified atom stereocenters. The molecule has 5 nitrogen and oxygen atoms in total. The van der Waals surface area contributed by atoms with Gasteiger partial charge in [0.1, 0.15) is 4.21 Å². The molecule has 2 heterocycles. The first-order valence-corrected chi connectivity index (χ1v) is 15.8. The molecule has 1 atom stereocenters. The van der Waals surface area contributed by atoms with Crippen LogP contribution in [0.25, 0.3) is 11.1 Å². The standard InChI is InChI=1S/C28H27NO4S3/c30-35(31,28-17-27(20-34-28)36(32,33)26-9-5-2-6-10-26)21-23-15-16-29(19-23)18-22-11-13-25(14-12-22)24-7-3-1-4-8-24/h1-14,17,20,23H,15-16,18-19,21H2/t23-/m1/s1. The molecule has 5 rings (SSSR count). The summed E-state index contributed by atoms with van der Waals surface area (Å²) in [6, 6.07) is 28.2. The number of rotatable bonds is 8. The van der Waals surface area contributed by atoms with E-state index in [2.05, 4.69) is 41.3 Å². The lowest BCUT2D eigenvalue weighted by Gasteiger charge is -2.16. The van der Waals surface area contributed by atoms with Crippen molar-refractivity contribution in [3.63, 3.8) is 0 Å². The number of hydrogen-bond acceptors (Lipinski definition) is 6. The molecule has 0 amide bonds. The van der Waals surface area contributed by atoms with Crippen molar-refractivity contribution in [2.24, 2.45) is 5.92 Å². The Labute approximate surface area is 216 Å². The van der Waals surface area contributed by atoms with Gasteiger partial charge >= 0.3 is 0 Å². The van der Waals surface area contributed by atoms with Crippen molar-refractivity contribution in [2.45, 2.75) is 27.0 Å². The minimum Gasteiger partial charge on any atom is -0.299 e. The highest BCUT2D eigenvalue weighted by atomic mass is 32.2. The first-order valence-electron chi connectivity index (χ1n) is 11.8. The molecule has 1 aliphatic heterocycles. The Morgan fingerprint density at radius 3 is 2.11 bits per heavy atom. The third-order valence-corrected chi connectivity index (χ3v) is 11.8. The normalized spacial score (nSPS) is 16.8. The molecule has 0 aliphatic carbocycles. The Bertz CT molecular complexity index is 1530. The summed E-state index contributed by atoms with van der Waals surface area (Å²) in [5, 5.41) is 1.43. The molecular formula is C28H27NO4S3. The van der Waals surface area contributed by atoms with Crippen molar-refractivity contribution in [1.82, 2.24) is 4.90 Å². The van der Waals surface area contributed by atoms with Crippen LogP contribution in [-0.4, -0.2) is 40.6 Å². The Hall–Kier alpha value is -2.78. The fraction of sp³-hybridized carbons (Fsp3) is 0.214. The summed E-state index contributed by atoms with van der Waals surface area (Å²) in [7, 11) is -7.30. The maximum absolute atomic E-state index is 13.1. The van der Waals surface area contributed by atoms with Gasteiger partial charge in [-0.1, -0.05) is 72.8 Å². The molecule has 0 bridgehead atoms. The Morgan fingerprint density at radius 2 is 1.42 bits per heavy atom. The van der Waals surface area contributed by atoms with E-state index >= 15 is 0 Å². The summed E-state index contributed by atoms with van der Waals surface area (Å²) < 4.78 is 52.0. The van der Waals surface area contributed by atoms with Gasteiger partial charge in [-0.2, -0.15) is 0 Å². The summed E-state index contributed by atoms with van der Waals surface area (Å²) in [6.07, 6.45) is 0.807. The number of thiophene rings is 1. The van der Waals surface area contributed by atoms with Gasteiger partial charge in [0.05, 0.1) is 15.5 Å². The first-order chi connectivity index (χ1) is 17.3. The summed E-state index contributed by atoms with van der Waals surface area (Å²) in [5.41, 5.74) is 3.56. The third-order valence-electron chi connectivity index (χ3n) is 6.51. The molecule has 1 fully saturated rings. The van der Waals surface area contributed by atoms with Crippen LogP contribution in [0.4, 0.5) is 0 Å². The topological polar surface area (TPSA) is 71.5 Å². The monoisotopic (exact) mass is 537 g/mol. The molecule has 0 radical (unpaired) electrons. The van der Waals surface area contributed by atoms with Gasteiger partial charge in [-0.3, -0.25) is 4.90 Å². The van der Waals surface area contributed by atoms with Crippen molar-refractivity contribution < 1.29 is 16.8 Å². The highest BCUT2D eigenvalue weighted by molar-refractivity contribution is 7.94. The summed E-state index contributed by atoms with van der Waals surface area (Å²) in [6.45, 7) is 2.34. The average Bonchev–Trinajstić information content (AvgIpc) is 3.56. The molecule has 0 N–H and O–H groups in total. The van der Waals surface area contributed by atoms with Crippen molar-refractivity contribution in [1.29, 1.82) is 0 Å². The third kappa shape index (κ3) is 5.47. The zero-order chi connectivity index (χ0) is 25.2. The van der Waals surface area contributed by atoms with Crippen LogP contribution in [0.3, 0.4) is 0 Å². The SMILES string of the molecule is O=S(=O)(C[C@@H]1CCN(Cc2ccc(-c3ccccc3)cc2)C1)c1cc(S(=O)(=O)c2ccccc2)cs1. The summed E-state index contributed by atoms with van der Waals surface area (Å²) in [5.74, 6) is 0.0526. The van der Waals surface area contributed by atoms with Gasteiger partial charge in [0.25, 0.3) is 0 Å². The van der Waals surface area contributed by atoms with Crippen molar-refractivity contribution in [3.8, 4) is 11.1 Å². The average molecular weight is 538 g/mol. The van der Waals surface area contributed by atoms with Crippen molar-refractivity contribution >= 4 is 31.0 Å². The fourth-order valence-corrected chi connectivity index (χ4v) is 9.27. The molecule has 4 aromatic rings. The smallest absolute Gasteiger partial charge is 0.207 e. The number of benzene rings is 3. The predicted octanol–water partition coefficient (Wildman–Crippen LogP) is 5.54. The molecule has 0 spiro atoms. The zero-order valence-electron chi connectivity index (χ0n) is 19.7. The van der Waals surface area contributed by atoms with Crippen LogP contribution in [0.2, 0.25) is 0 Å². The molecule has 1 aliphatic rings. The lowest BCUT2D eigenvalue weighted by Crippen LogP contribution is -2.23. The van der Waals surface area contributed by atoms with Crippen LogP contribution in [0.1, 0.15) is 12.0 Å². The van der Waals surface area contributed by atoms with Crippen LogP contribution >= 0.6 is 11.3 Å². The van der Waals surface area contributed by atoms with Gasteiger partial charge in [0, 0.05) is 18.5 Å². The molecule has 1 saturated heterocycles. The second-order valence-electron chi connectivity index (χ2n) is 9.15. The molecule has 186 valence electrons. The first kappa shape index (κ1) is 24.9. The predicted molar refractivity (Wildman–Crippen MR) is 144 cm³/mol. The van der Waals surface area contributed by atoms with E-state index < -0.39 is 19.7 Å². The van der Waals surface area contributed by atoms with Gasteiger partial charge in [0.15, 0.2) is 9.84 Å². The lowest BCUT2D eigenvalue weighted by atomic mass is 10.0. The lowest BCUT2D eigenvalue weighted by molar-refractivity contribution is 0.320. The van der Waals surface area contributed by atoms with E-state index in [-0.39, 0.29) is 25.7 Å². The van der Waals surface area contributed by atoms with Crippen LogP contribution in [0.15, 0.2) is 110 Å². The van der Waals surface area contributed by atoms with Crippen LogP contribution in [0.5, 0.6) is 0 Å². The van der Waals surface area contributed by atoms with E-state index in [0.717, 1.165) is 30.8 Å². The maximum atomic E-state index is 13.1. The van der Waals surface area contributed by atoms with E-state index in [1.54, 1.807) is 18.2 Å². The zero-order valence-corrected chi connectivity index (χ0v) is 22.1. The molecule has 0 saturated carbocycles.